The van der Waals surface area contributed by atoms with E-state index in [0.29, 0.717) is 6.61 Å². The summed E-state index contributed by atoms with van der Waals surface area (Å²) in [5.41, 5.74) is -0.203. The summed E-state index contributed by atoms with van der Waals surface area (Å²) < 4.78 is 5.71. The van der Waals surface area contributed by atoms with E-state index >= 15 is 0 Å². The highest BCUT2D eigenvalue weighted by Crippen LogP contribution is 2.30. The minimum absolute atomic E-state index is 0.165. The second kappa shape index (κ2) is 6.75. The molecular formula is C16H24N2O2. The first-order valence-corrected chi connectivity index (χ1v) is 7.26. The largest absolute Gasteiger partial charge is 0.492 e. The minimum Gasteiger partial charge on any atom is -0.492 e. The lowest BCUT2D eigenvalue weighted by Gasteiger charge is -2.37. The lowest BCUT2D eigenvalue weighted by molar-refractivity contribution is -0.132. The Balaban J connectivity index is 1.71. The maximum Gasteiger partial charge on any atom is 0.225 e. The van der Waals surface area contributed by atoms with Crippen LogP contribution in [-0.2, 0) is 4.79 Å². The first-order valence-electron chi connectivity index (χ1n) is 7.26. The Kier molecular flexibility index (Phi) is 5.01. The number of likely N-dealkylation sites (tertiary alicyclic amines) is 1. The van der Waals surface area contributed by atoms with Crippen LogP contribution in [0, 0.1) is 5.41 Å². The number of para-hydroxylation sites is 1. The first kappa shape index (κ1) is 14.9. The normalized spacial score (nSPS) is 18.5. The first-order chi connectivity index (χ1) is 9.64. The van der Waals surface area contributed by atoms with Crippen LogP contribution in [0.2, 0.25) is 0 Å². The average molecular weight is 276 g/mol. The highest BCUT2D eigenvalue weighted by atomic mass is 16.5. The number of amides is 1. The zero-order chi connectivity index (χ0) is 14.4. The number of hydrogen-bond donors (Lipinski definition) is 1. The lowest BCUT2D eigenvalue weighted by Crippen LogP contribution is -2.47. The summed E-state index contributed by atoms with van der Waals surface area (Å²) in [7, 11) is 1.72. The number of nitrogens with one attached hydrogen (secondary N) is 1. The summed E-state index contributed by atoms with van der Waals surface area (Å²) >= 11 is 0. The van der Waals surface area contributed by atoms with Crippen LogP contribution in [0.3, 0.4) is 0 Å². The lowest BCUT2D eigenvalue weighted by atomic mass is 9.79. The van der Waals surface area contributed by atoms with Gasteiger partial charge in [0.25, 0.3) is 0 Å². The van der Waals surface area contributed by atoms with Gasteiger partial charge in [0, 0.05) is 19.0 Å². The highest BCUT2D eigenvalue weighted by molar-refractivity contribution is 5.82. The van der Waals surface area contributed by atoms with Gasteiger partial charge in [0.05, 0.1) is 0 Å². The van der Waals surface area contributed by atoms with Crippen molar-refractivity contribution in [3.8, 4) is 5.75 Å². The monoisotopic (exact) mass is 276 g/mol. The molecule has 1 aliphatic heterocycles. The maximum absolute atomic E-state index is 11.8. The third-order valence-corrected chi connectivity index (χ3v) is 4.15. The van der Waals surface area contributed by atoms with Gasteiger partial charge in [0.2, 0.25) is 5.91 Å². The number of piperidine rings is 1. The molecular weight excluding hydrogens is 252 g/mol. The zero-order valence-electron chi connectivity index (χ0n) is 12.4. The van der Waals surface area contributed by atoms with E-state index in [0.717, 1.165) is 38.2 Å². The minimum atomic E-state index is -0.203. The summed E-state index contributed by atoms with van der Waals surface area (Å²) in [4.78, 5) is 14.2. The molecule has 2 rings (SSSR count). The van der Waals surface area contributed by atoms with Crippen molar-refractivity contribution < 1.29 is 9.53 Å². The number of benzene rings is 1. The van der Waals surface area contributed by atoms with Crippen molar-refractivity contribution in [3.63, 3.8) is 0 Å². The molecule has 1 aromatic rings. The summed E-state index contributed by atoms with van der Waals surface area (Å²) in [5, 5.41) is 2.77. The van der Waals surface area contributed by atoms with Gasteiger partial charge in [-0.25, -0.2) is 0 Å². The molecule has 4 nitrogen and oxygen atoms in total. The predicted octanol–water partition coefficient (Wildman–Crippen LogP) is 1.91. The van der Waals surface area contributed by atoms with Gasteiger partial charge in [0.15, 0.2) is 0 Å². The predicted molar refractivity (Wildman–Crippen MR) is 79.8 cm³/mol. The van der Waals surface area contributed by atoms with Crippen LogP contribution in [0.25, 0.3) is 0 Å². The van der Waals surface area contributed by atoms with E-state index in [1.54, 1.807) is 7.05 Å². The molecule has 0 unspecified atom stereocenters. The molecule has 20 heavy (non-hydrogen) atoms. The Hall–Kier alpha value is -1.55. The van der Waals surface area contributed by atoms with E-state index in [-0.39, 0.29) is 11.3 Å². The molecule has 1 saturated heterocycles. The molecule has 0 aromatic heterocycles. The van der Waals surface area contributed by atoms with Crippen molar-refractivity contribution in [2.24, 2.45) is 5.41 Å². The highest BCUT2D eigenvalue weighted by Gasteiger charge is 2.35. The van der Waals surface area contributed by atoms with Gasteiger partial charge in [-0.15, -0.1) is 0 Å². The number of carbonyl (C=O) groups excluding carboxylic acids is 1. The van der Waals surface area contributed by atoms with E-state index in [1.807, 2.05) is 30.3 Å². The molecule has 0 atom stereocenters. The van der Waals surface area contributed by atoms with E-state index < -0.39 is 0 Å². The van der Waals surface area contributed by atoms with Crippen LogP contribution in [0.4, 0.5) is 0 Å². The molecule has 1 N–H and O–H groups in total. The summed E-state index contributed by atoms with van der Waals surface area (Å²) in [5.74, 6) is 1.08. The van der Waals surface area contributed by atoms with Crippen molar-refractivity contribution in [3.05, 3.63) is 30.3 Å². The molecule has 0 aliphatic carbocycles. The van der Waals surface area contributed by atoms with Gasteiger partial charge < -0.3 is 10.1 Å². The third kappa shape index (κ3) is 3.73. The summed E-state index contributed by atoms with van der Waals surface area (Å²) in [6.07, 6.45) is 1.83. The fourth-order valence-corrected chi connectivity index (χ4v) is 2.61. The SMILES string of the molecule is CNC(=O)C1(C)CCN(CCOc2ccccc2)CC1. The second-order valence-electron chi connectivity index (χ2n) is 5.64. The maximum atomic E-state index is 11.8. The zero-order valence-corrected chi connectivity index (χ0v) is 12.4. The van der Waals surface area contributed by atoms with Crippen molar-refractivity contribution in [1.29, 1.82) is 0 Å². The Morgan fingerprint density at radius 1 is 1.30 bits per heavy atom. The van der Waals surface area contributed by atoms with Gasteiger partial charge in [-0.05, 0) is 38.1 Å². The van der Waals surface area contributed by atoms with Crippen molar-refractivity contribution >= 4 is 5.91 Å². The van der Waals surface area contributed by atoms with Gasteiger partial charge in [0.1, 0.15) is 12.4 Å². The van der Waals surface area contributed by atoms with E-state index in [1.165, 1.54) is 0 Å². The molecule has 0 radical (unpaired) electrons. The molecule has 0 bridgehead atoms. The van der Waals surface area contributed by atoms with Crippen molar-refractivity contribution in [2.75, 3.05) is 33.3 Å². The van der Waals surface area contributed by atoms with E-state index in [2.05, 4.69) is 17.1 Å². The molecule has 1 amide bonds. The number of rotatable bonds is 5. The second-order valence-corrected chi connectivity index (χ2v) is 5.64. The van der Waals surface area contributed by atoms with Crippen LogP contribution in [0.1, 0.15) is 19.8 Å². The Labute approximate surface area is 121 Å². The number of carbonyl (C=O) groups is 1. The quantitative estimate of drug-likeness (QED) is 0.893. The van der Waals surface area contributed by atoms with E-state index in [9.17, 15) is 4.79 Å². The van der Waals surface area contributed by atoms with Gasteiger partial charge >= 0.3 is 0 Å². The molecule has 0 spiro atoms. The molecule has 4 heteroatoms. The van der Waals surface area contributed by atoms with Crippen LogP contribution in [0.15, 0.2) is 30.3 Å². The molecule has 1 aromatic carbocycles. The number of ether oxygens (including phenoxy) is 1. The van der Waals surface area contributed by atoms with Crippen LogP contribution in [0.5, 0.6) is 5.75 Å². The number of nitrogens with zero attached hydrogens (tertiary/aromatic N) is 1. The van der Waals surface area contributed by atoms with Gasteiger partial charge in [-0.1, -0.05) is 25.1 Å². The molecule has 1 heterocycles. The Bertz CT molecular complexity index is 425. The third-order valence-electron chi connectivity index (χ3n) is 4.15. The van der Waals surface area contributed by atoms with Crippen LogP contribution in [-0.4, -0.2) is 44.1 Å². The fraction of sp³-hybridized carbons (Fsp3) is 0.562. The van der Waals surface area contributed by atoms with Gasteiger partial charge in [-0.2, -0.15) is 0 Å². The standard InChI is InChI=1S/C16H24N2O2/c1-16(15(19)17-2)8-10-18(11-9-16)12-13-20-14-6-4-3-5-7-14/h3-7H,8-13H2,1-2H3,(H,17,19). The summed E-state index contributed by atoms with van der Waals surface area (Å²) in [6.45, 7) is 5.59. The van der Waals surface area contributed by atoms with E-state index in [4.69, 9.17) is 4.74 Å². The molecule has 1 fully saturated rings. The van der Waals surface area contributed by atoms with Crippen molar-refractivity contribution in [2.45, 2.75) is 19.8 Å². The summed E-state index contributed by atoms with van der Waals surface area (Å²) in [6, 6.07) is 9.88. The fourth-order valence-electron chi connectivity index (χ4n) is 2.61. The topological polar surface area (TPSA) is 41.6 Å². The molecule has 110 valence electrons. The average Bonchev–Trinajstić information content (AvgIpc) is 2.49. The molecule has 1 aliphatic rings. The van der Waals surface area contributed by atoms with Crippen LogP contribution < -0.4 is 10.1 Å². The van der Waals surface area contributed by atoms with Crippen LogP contribution >= 0.6 is 0 Å². The Morgan fingerprint density at radius 2 is 1.95 bits per heavy atom. The number of hydrogen-bond acceptors (Lipinski definition) is 3. The van der Waals surface area contributed by atoms with Gasteiger partial charge in [-0.3, -0.25) is 9.69 Å². The Morgan fingerprint density at radius 3 is 2.55 bits per heavy atom. The smallest absolute Gasteiger partial charge is 0.225 e. The molecule has 0 saturated carbocycles. The van der Waals surface area contributed by atoms with Crippen molar-refractivity contribution in [1.82, 2.24) is 10.2 Å².